The molecule has 0 aliphatic carbocycles. The van der Waals surface area contributed by atoms with Crippen molar-refractivity contribution in [1.29, 1.82) is 0 Å². The van der Waals surface area contributed by atoms with E-state index in [1.165, 1.54) is 0 Å². The smallest absolute Gasteiger partial charge is 0.216 e. The number of nitrogens with one attached hydrogen (secondary N) is 3. The zero-order chi connectivity index (χ0) is 22.9. The summed E-state index contributed by atoms with van der Waals surface area (Å²) in [5.74, 6) is 1.47. The Morgan fingerprint density at radius 2 is 1.81 bits per heavy atom. The van der Waals surface area contributed by atoms with Crippen LogP contribution >= 0.6 is 0 Å². The first-order valence-corrected chi connectivity index (χ1v) is 12.5. The summed E-state index contributed by atoms with van der Waals surface area (Å²) in [6.45, 7) is 11.4. The number of sulfonamides is 1. The summed E-state index contributed by atoms with van der Waals surface area (Å²) >= 11 is 0. The fraction of sp³-hybridized carbons (Fsp3) is 0.545. The Bertz CT molecular complexity index is 946. The van der Waals surface area contributed by atoms with E-state index >= 15 is 0 Å². The molecule has 1 heterocycles. The van der Waals surface area contributed by atoms with Crippen LogP contribution in [0.2, 0.25) is 0 Å². The summed E-state index contributed by atoms with van der Waals surface area (Å²) in [5.41, 5.74) is 3.65. The van der Waals surface area contributed by atoms with Crippen LogP contribution < -0.4 is 15.4 Å². The second-order valence-corrected chi connectivity index (χ2v) is 9.34. The molecular formula is C22H35N5O3S. The van der Waals surface area contributed by atoms with Crippen molar-refractivity contribution in [2.24, 2.45) is 4.99 Å². The van der Waals surface area contributed by atoms with Gasteiger partial charge in [-0.25, -0.2) is 18.1 Å². The molecule has 172 valence electrons. The van der Waals surface area contributed by atoms with Gasteiger partial charge in [0.1, 0.15) is 5.76 Å². The van der Waals surface area contributed by atoms with Crippen molar-refractivity contribution in [2.75, 3.05) is 6.54 Å². The second-order valence-electron chi connectivity index (χ2n) is 7.59. The van der Waals surface area contributed by atoms with Gasteiger partial charge in [-0.3, -0.25) is 0 Å². The van der Waals surface area contributed by atoms with Crippen LogP contribution in [0.3, 0.4) is 0 Å². The molecule has 0 aliphatic heterocycles. The minimum Gasteiger partial charge on any atom is -0.361 e. The van der Waals surface area contributed by atoms with Gasteiger partial charge in [0, 0.05) is 31.1 Å². The highest BCUT2D eigenvalue weighted by Crippen LogP contribution is 2.16. The van der Waals surface area contributed by atoms with E-state index in [0.29, 0.717) is 25.6 Å². The zero-order valence-electron chi connectivity index (χ0n) is 19.2. The summed E-state index contributed by atoms with van der Waals surface area (Å²) in [7, 11) is -3.41. The van der Waals surface area contributed by atoms with Gasteiger partial charge in [0.15, 0.2) is 5.96 Å². The molecule has 0 aliphatic rings. The summed E-state index contributed by atoms with van der Waals surface area (Å²) in [4.78, 5) is 4.67. The van der Waals surface area contributed by atoms with E-state index in [1.807, 2.05) is 52.0 Å². The quantitative estimate of drug-likeness (QED) is 0.360. The number of aryl methyl sites for hydroxylation is 2. The van der Waals surface area contributed by atoms with Gasteiger partial charge in [0.2, 0.25) is 10.0 Å². The van der Waals surface area contributed by atoms with Crippen LogP contribution in [0.25, 0.3) is 0 Å². The molecule has 1 aromatic heterocycles. The third-order valence-corrected chi connectivity index (χ3v) is 6.19. The predicted octanol–water partition coefficient (Wildman–Crippen LogP) is 2.88. The molecule has 0 unspecified atom stereocenters. The average Bonchev–Trinajstić information content (AvgIpc) is 3.11. The largest absolute Gasteiger partial charge is 0.361 e. The summed E-state index contributed by atoms with van der Waals surface area (Å²) in [6, 6.07) is 7.36. The Balaban J connectivity index is 2.15. The molecule has 0 amide bonds. The molecule has 1 aromatic carbocycles. The van der Waals surface area contributed by atoms with E-state index in [1.54, 1.807) is 0 Å². The summed E-state index contributed by atoms with van der Waals surface area (Å²) in [6.07, 6.45) is 1.59. The first-order chi connectivity index (χ1) is 14.8. The van der Waals surface area contributed by atoms with Gasteiger partial charge in [0.25, 0.3) is 0 Å². The molecule has 0 saturated heterocycles. The Morgan fingerprint density at radius 3 is 2.42 bits per heavy atom. The molecule has 8 nitrogen and oxygen atoms in total. The van der Waals surface area contributed by atoms with Crippen LogP contribution in [0.5, 0.6) is 0 Å². The van der Waals surface area contributed by atoms with E-state index in [2.05, 4.69) is 32.4 Å². The molecule has 9 heteroatoms. The highest BCUT2D eigenvalue weighted by molar-refractivity contribution is 7.88. The van der Waals surface area contributed by atoms with E-state index < -0.39 is 10.0 Å². The monoisotopic (exact) mass is 449 g/mol. The van der Waals surface area contributed by atoms with Crippen LogP contribution in [-0.2, 0) is 41.7 Å². The van der Waals surface area contributed by atoms with Gasteiger partial charge in [-0.2, -0.15) is 0 Å². The molecule has 2 aromatic rings. The number of hydrogen-bond acceptors (Lipinski definition) is 5. The fourth-order valence-corrected chi connectivity index (χ4v) is 4.77. The zero-order valence-corrected chi connectivity index (χ0v) is 20.0. The molecule has 0 spiro atoms. The van der Waals surface area contributed by atoms with E-state index in [0.717, 1.165) is 41.0 Å². The van der Waals surface area contributed by atoms with Crippen LogP contribution in [0.4, 0.5) is 0 Å². The molecule has 0 fully saturated rings. The highest BCUT2D eigenvalue weighted by atomic mass is 32.2. The van der Waals surface area contributed by atoms with Crippen molar-refractivity contribution < 1.29 is 12.9 Å². The number of aromatic nitrogens is 1. The van der Waals surface area contributed by atoms with Gasteiger partial charge >= 0.3 is 0 Å². The lowest BCUT2D eigenvalue weighted by molar-refractivity contribution is 0.380. The lowest BCUT2D eigenvalue weighted by Gasteiger charge is -2.14. The van der Waals surface area contributed by atoms with Crippen LogP contribution in [0.1, 0.15) is 62.8 Å². The van der Waals surface area contributed by atoms with Gasteiger partial charge in [-0.15, -0.1) is 0 Å². The second kappa shape index (κ2) is 11.9. The van der Waals surface area contributed by atoms with Crippen LogP contribution in [0.15, 0.2) is 33.8 Å². The Hall–Kier alpha value is -2.39. The minimum atomic E-state index is -3.41. The van der Waals surface area contributed by atoms with Crippen LogP contribution in [0, 0.1) is 0 Å². The van der Waals surface area contributed by atoms with Crippen molar-refractivity contribution in [1.82, 2.24) is 20.5 Å². The normalized spacial score (nSPS) is 12.4. The van der Waals surface area contributed by atoms with Gasteiger partial charge in [-0.05, 0) is 38.3 Å². The predicted molar refractivity (Wildman–Crippen MR) is 124 cm³/mol. The molecule has 0 bridgehead atoms. The molecule has 2 rings (SSSR count). The van der Waals surface area contributed by atoms with Gasteiger partial charge < -0.3 is 15.2 Å². The minimum absolute atomic E-state index is 0.0682. The van der Waals surface area contributed by atoms with Crippen molar-refractivity contribution in [3.8, 4) is 0 Å². The number of guanidine groups is 1. The van der Waals surface area contributed by atoms with Crippen molar-refractivity contribution in [3.05, 3.63) is 52.4 Å². The summed E-state index contributed by atoms with van der Waals surface area (Å²) < 4.78 is 32.8. The Morgan fingerprint density at radius 1 is 1.10 bits per heavy atom. The van der Waals surface area contributed by atoms with Crippen molar-refractivity contribution >= 4 is 16.0 Å². The molecule has 31 heavy (non-hydrogen) atoms. The topological polar surface area (TPSA) is 109 Å². The maximum atomic E-state index is 12.4. The van der Waals surface area contributed by atoms with Crippen molar-refractivity contribution in [3.63, 3.8) is 0 Å². The lowest BCUT2D eigenvalue weighted by Crippen LogP contribution is -2.37. The standard InChI is InChI=1S/C22H35N5O3S/c1-6-20-19(21(7-2)30-26-20)14-25-22(23-8-3)24-13-17-11-9-10-12-18(17)15-31(28,29)27-16(4)5/h9-12,16,27H,6-8,13-15H2,1-5H3,(H2,23,24,25). The molecule has 0 atom stereocenters. The van der Waals surface area contributed by atoms with Gasteiger partial charge in [-0.1, -0.05) is 43.3 Å². The third-order valence-electron chi connectivity index (χ3n) is 4.67. The maximum absolute atomic E-state index is 12.4. The molecule has 0 saturated carbocycles. The van der Waals surface area contributed by atoms with E-state index in [-0.39, 0.29) is 11.8 Å². The van der Waals surface area contributed by atoms with Crippen molar-refractivity contribution in [2.45, 2.75) is 72.3 Å². The SMILES string of the molecule is CCNC(=NCc1ccccc1CS(=O)(=O)NC(C)C)NCc1c(CC)noc1CC. The van der Waals surface area contributed by atoms with Crippen LogP contribution in [-0.4, -0.2) is 32.1 Å². The lowest BCUT2D eigenvalue weighted by atomic mass is 10.1. The number of rotatable bonds is 11. The Kier molecular flexibility index (Phi) is 9.51. The summed E-state index contributed by atoms with van der Waals surface area (Å²) in [5, 5.41) is 10.7. The number of benzene rings is 1. The van der Waals surface area contributed by atoms with Gasteiger partial charge in [0.05, 0.1) is 18.0 Å². The first kappa shape index (κ1) is 24.9. The third kappa shape index (κ3) is 7.66. The molecule has 0 radical (unpaired) electrons. The van der Waals surface area contributed by atoms with E-state index in [9.17, 15) is 8.42 Å². The number of hydrogen-bond donors (Lipinski definition) is 3. The maximum Gasteiger partial charge on any atom is 0.216 e. The average molecular weight is 450 g/mol. The molecular weight excluding hydrogens is 414 g/mol. The first-order valence-electron chi connectivity index (χ1n) is 10.8. The number of nitrogens with zero attached hydrogens (tertiary/aromatic N) is 2. The fourth-order valence-electron chi connectivity index (χ4n) is 3.27. The number of aliphatic imine (C=N–C) groups is 1. The van der Waals surface area contributed by atoms with E-state index in [4.69, 9.17) is 4.52 Å². The molecule has 3 N–H and O–H groups in total. The Labute approximate surface area is 186 Å². The highest BCUT2D eigenvalue weighted by Gasteiger charge is 2.16.